The molecule has 0 unspecified atom stereocenters. The Balaban J connectivity index is 1.41. The fourth-order valence-electron chi connectivity index (χ4n) is 2.43. The number of hydrogen-bond acceptors (Lipinski definition) is 3. The normalized spacial score (nSPS) is 20.1. The van der Waals surface area contributed by atoms with Gasteiger partial charge in [0.25, 0.3) is 0 Å². The minimum absolute atomic E-state index is 0.627. The number of hydrogen-bond donors (Lipinski definition) is 1. The maximum Gasteiger partial charge on any atom is 0.145 e. The van der Waals surface area contributed by atoms with Crippen molar-refractivity contribution in [1.82, 2.24) is 14.7 Å². The zero-order valence-electron chi connectivity index (χ0n) is 10.4. The number of anilines is 1. The molecule has 1 aromatic heterocycles. The van der Waals surface area contributed by atoms with Gasteiger partial charge in [-0.2, -0.15) is 5.10 Å². The number of aryl methyl sites for hydroxylation is 1. The first-order valence-corrected chi connectivity index (χ1v) is 6.84. The number of rotatable bonds is 7. The van der Waals surface area contributed by atoms with Crippen LogP contribution in [0.3, 0.4) is 0 Å². The summed E-state index contributed by atoms with van der Waals surface area (Å²) >= 11 is 0. The van der Waals surface area contributed by atoms with Gasteiger partial charge >= 0.3 is 0 Å². The van der Waals surface area contributed by atoms with Crippen molar-refractivity contribution in [3.05, 3.63) is 12.3 Å². The predicted octanol–water partition coefficient (Wildman–Crippen LogP) is 1.73. The number of aromatic nitrogens is 2. The zero-order chi connectivity index (χ0) is 11.7. The van der Waals surface area contributed by atoms with Crippen molar-refractivity contribution in [2.24, 2.45) is 5.92 Å². The second-order valence-electron chi connectivity index (χ2n) is 5.53. The van der Waals surface area contributed by atoms with Gasteiger partial charge in [0.2, 0.25) is 0 Å². The highest BCUT2D eigenvalue weighted by atomic mass is 15.3. The second-order valence-corrected chi connectivity index (χ2v) is 5.53. The van der Waals surface area contributed by atoms with Crippen molar-refractivity contribution in [2.75, 3.05) is 18.8 Å². The maximum absolute atomic E-state index is 5.60. The summed E-state index contributed by atoms with van der Waals surface area (Å²) in [6.45, 7) is 3.55. The third-order valence-electron chi connectivity index (χ3n) is 3.75. The Hall–Kier alpha value is -1.03. The summed E-state index contributed by atoms with van der Waals surface area (Å²) in [5.74, 6) is 1.64. The van der Waals surface area contributed by atoms with Crippen LogP contribution in [0.4, 0.5) is 5.82 Å². The minimum Gasteiger partial charge on any atom is -0.382 e. The summed E-state index contributed by atoms with van der Waals surface area (Å²) in [6, 6.07) is 2.77. The van der Waals surface area contributed by atoms with Gasteiger partial charge in [0.05, 0.1) is 0 Å². The molecule has 0 aromatic carbocycles. The Morgan fingerprint density at radius 2 is 2.18 bits per heavy atom. The van der Waals surface area contributed by atoms with E-state index in [1.54, 1.807) is 0 Å². The van der Waals surface area contributed by atoms with Crippen molar-refractivity contribution < 1.29 is 0 Å². The molecule has 3 rings (SSSR count). The lowest BCUT2D eigenvalue weighted by Gasteiger charge is -2.21. The van der Waals surface area contributed by atoms with E-state index in [0.29, 0.717) is 5.82 Å². The van der Waals surface area contributed by atoms with Crippen molar-refractivity contribution >= 4 is 5.82 Å². The lowest BCUT2D eigenvalue weighted by atomic mass is 10.3. The van der Waals surface area contributed by atoms with Crippen LogP contribution in [-0.2, 0) is 6.54 Å². The third kappa shape index (κ3) is 3.22. The number of nitrogens with zero attached hydrogens (tertiary/aromatic N) is 3. The first kappa shape index (κ1) is 11.1. The average Bonchev–Trinajstić information content (AvgIpc) is 3.19. The van der Waals surface area contributed by atoms with Crippen molar-refractivity contribution in [3.63, 3.8) is 0 Å². The molecule has 0 spiro atoms. The molecule has 0 bridgehead atoms. The van der Waals surface area contributed by atoms with Crippen LogP contribution in [0, 0.1) is 5.92 Å². The molecule has 2 fully saturated rings. The van der Waals surface area contributed by atoms with Gasteiger partial charge in [-0.25, -0.2) is 0 Å². The molecular formula is C13H22N4. The van der Waals surface area contributed by atoms with Gasteiger partial charge in [0, 0.05) is 31.9 Å². The van der Waals surface area contributed by atoms with Gasteiger partial charge in [-0.3, -0.25) is 4.68 Å². The van der Waals surface area contributed by atoms with E-state index in [1.807, 2.05) is 16.9 Å². The maximum atomic E-state index is 5.60. The Morgan fingerprint density at radius 1 is 1.35 bits per heavy atom. The molecule has 0 aliphatic heterocycles. The van der Waals surface area contributed by atoms with Crippen molar-refractivity contribution in [2.45, 2.75) is 44.7 Å². The standard InChI is InChI=1S/C13H22N4/c14-13-6-9-17(15-13)8-1-7-16(12-4-5-12)10-11-2-3-11/h6,9,11-12H,1-5,7-8,10H2,(H2,14,15). The van der Waals surface area contributed by atoms with E-state index in [0.717, 1.165) is 18.5 Å². The van der Waals surface area contributed by atoms with Crippen molar-refractivity contribution in [3.8, 4) is 0 Å². The minimum atomic E-state index is 0.627. The van der Waals surface area contributed by atoms with Crippen LogP contribution >= 0.6 is 0 Å². The summed E-state index contributed by atoms with van der Waals surface area (Å²) in [5.41, 5.74) is 5.60. The molecule has 2 aliphatic carbocycles. The fraction of sp³-hybridized carbons (Fsp3) is 0.769. The van der Waals surface area contributed by atoms with E-state index in [2.05, 4.69) is 10.00 Å². The Bertz CT molecular complexity index is 365. The molecular weight excluding hydrogens is 212 g/mol. The van der Waals surface area contributed by atoms with E-state index < -0.39 is 0 Å². The quantitative estimate of drug-likeness (QED) is 0.781. The van der Waals surface area contributed by atoms with E-state index >= 15 is 0 Å². The molecule has 0 amide bonds. The van der Waals surface area contributed by atoms with Crippen LogP contribution in [0.15, 0.2) is 12.3 Å². The molecule has 0 radical (unpaired) electrons. The van der Waals surface area contributed by atoms with Gasteiger partial charge in [-0.1, -0.05) is 0 Å². The first-order chi connectivity index (χ1) is 8.31. The Kier molecular flexibility index (Phi) is 3.05. The molecule has 0 atom stereocenters. The molecule has 94 valence electrons. The highest BCUT2D eigenvalue weighted by Gasteiger charge is 2.32. The van der Waals surface area contributed by atoms with Crippen LogP contribution in [0.1, 0.15) is 32.1 Å². The molecule has 2 saturated carbocycles. The summed E-state index contributed by atoms with van der Waals surface area (Å²) in [7, 11) is 0. The monoisotopic (exact) mass is 234 g/mol. The first-order valence-electron chi connectivity index (χ1n) is 6.84. The van der Waals surface area contributed by atoms with Crippen LogP contribution in [-0.4, -0.2) is 33.8 Å². The fourth-order valence-corrected chi connectivity index (χ4v) is 2.43. The molecule has 1 aromatic rings. The van der Waals surface area contributed by atoms with Gasteiger partial charge < -0.3 is 10.6 Å². The zero-order valence-corrected chi connectivity index (χ0v) is 10.4. The SMILES string of the molecule is Nc1ccn(CCCN(CC2CC2)C2CC2)n1. The van der Waals surface area contributed by atoms with Gasteiger partial charge in [0.15, 0.2) is 0 Å². The summed E-state index contributed by atoms with van der Waals surface area (Å²) in [4.78, 5) is 2.70. The van der Waals surface area contributed by atoms with Crippen LogP contribution in [0.2, 0.25) is 0 Å². The average molecular weight is 234 g/mol. The summed E-state index contributed by atoms with van der Waals surface area (Å²) < 4.78 is 1.96. The van der Waals surface area contributed by atoms with E-state index in [9.17, 15) is 0 Å². The highest BCUT2D eigenvalue weighted by Crippen LogP contribution is 2.34. The van der Waals surface area contributed by atoms with E-state index in [4.69, 9.17) is 5.73 Å². The van der Waals surface area contributed by atoms with E-state index in [-0.39, 0.29) is 0 Å². The second kappa shape index (κ2) is 4.69. The van der Waals surface area contributed by atoms with Gasteiger partial charge in [-0.05, 0) is 44.1 Å². The molecule has 4 nitrogen and oxygen atoms in total. The molecule has 4 heteroatoms. The van der Waals surface area contributed by atoms with E-state index in [1.165, 1.54) is 45.2 Å². The van der Waals surface area contributed by atoms with Crippen LogP contribution in [0.5, 0.6) is 0 Å². The number of nitrogens with two attached hydrogens (primary N) is 1. The lowest BCUT2D eigenvalue weighted by Crippen LogP contribution is -2.30. The summed E-state index contributed by atoms with van der Waals surface area (Å²) in [5, 5.41) is 4.22. The van der Waals surface area contributed by atoms with Gasteiger partial charge in [0.1, 0.15) is 5.82 Å². The third-order valence-corrected chi connectivity index (χ3v) is 3.75. The lowest BCUT2D eigenvalue weighted by molar-refractivity contribution is 0.243. The molecule has 2 aliphatic rings. The van der Waals surface area contributed by atoms with Crippen LogP contribution in [0.25, 0.3) is 0 Å². The Labute approximate surface area is 103 Å². The van der Waals surface area contributed by atoms with Crippen molar-refractivity contribution in [1.29, 1.82) is 0 Å². The molecule has 2 N–H and O–H groups in total. The summed E-state index contributed by atoms with van der Waals surface area (Å²) in [6.07, 6.45) is 8.91. The molecule has 17 heavy (non-hydrogen) atoms. The van der Waals surface area contributed by atoms with Gasteiger partial charge in [-0.15, -0.1) is 0 Å². The predicted molar refractivity (Wildman–Crippen MR) is 68.6 cm³/mol. The highest BCUT2D eigenvalue weighted by molar-refractivity contribution is 5.23. The van der Waals surface area contributed by atoms with Crippen LogP contribution < -0.4 is 5.73 Å². The molecule has 0 saturated heterocycles. The Morgan fingerprint density at radius 3 is 2.76 bits per heavy atom. The number of nitrogen functional groups attached to an aromatic ring is 1. The molecule has 1 heterocycles. The smallest absolute Gasteiger partial charge is 0.145 e. The topological polar surface area (TPSA) is 47.1 Å². The largest absolute Gasteiger partial charge is 0.382 e.